The lowest BCUT2D eigenvalue weighted by atomic mass is 10.2. The number of nitrogens with one attached hydrogen (secondary N) is 1. The zero-order chi connectivity index (χ0) is 12.4. The Morgan fingerprint density at radius 2 is 2.00 bits per heavy atom. The fourth-order valence-corrected chi connectivity index (χ4v) is 1.45. The van der Waals surface area contributed by atoms with Gasteiger partial charge < -0.3 is 14.8 Å². The molecule has 0 rings (SSSR count). The minimum absolute atomic E-state index is 0.195. The second-order valence-electron chi connectivity index (χ2n) is 3.79. The molecule has 1 N–H and O–H groups in total. The Morgan fingerprint density at radius 3 is 2.50 bits per heavy atom. The van der Waals surface area contributed by atoms with E-state index >= 15 is 0 Å². The van der Waals surface area contributed by atoms with Gasteiger partial charge in [-0.1, -0.05) is 20.3 Å². The molecule has 0 heterocycles. The monoisotopic (exact) mass is 231 g/mol. The minimum atomic E-state index is -0.343. The van der Waals surface area contributed by atoms with Gasteiger partial charge in [-0.3, -0.25) is 4.79 Å². The van der Waals surface area contributed by atoms with E-state index in [-0.39, 0.29) is 18.1 Å². The summed E-state index contributed by atoms with van der Waals surface area (Å²) in [6.07, 6.45) is 2.30. The summed E-state index contributed by atoms with van der Waals surface area (Å²) in [5.74, 6) is -0.229. The number of ether oxygens (including phenoxy) is 2. The predicted molar refractivity (Wildman–Crippen MR) is 64.4 cm³/mol. The Morgan fingerprint density at radius 1 is 1.31 bits per heavy atom. The predicted octanol–water partition coefficient (Wildman–Crippen LogP) is 1.73. The van der Waals surface area contributed by atoms with Crippen molar-refractivity contribution in [1.82, 2.24) is 5.32 Å². The van der Waals surface area contributed by atoms with Crippen molar-refractivity contribution in [2.75, 3.05) is 19.8 Å². The number of carbonyl (C=O) groups is 1. The zero-order valence-corrected chi connectivity index (χ0v) is 10.9. The SMILES string of the molecule is CCCC(C)OCC(NCC)C(=O)OCC. The second kappa shape index (κ2) is 9.60. The average Bonchev–Trinajstić information content (AvgIpc) is 2.24. The summed E-state index contributed by atoms with van der Waals surface area (Å²) in [5.41, 5.74) is 0. The molecule has 0 radical (unpaired) electrons. The van der Waals surface area contributed by atoms with E-state index in [0.29, 0.717) is 13.2 Å². The molecule has 96 valence electrons. The van der Waals surface area contributed by atoms with Crippen LogP contribution in [0, 0.1) is 0 Å². The molecule has 0 aromatic carbocycles. The molecule has 0 amide bonds. The quantitative estimate of drug-likeness (QED) is 0.614. The summed E-state index contributed by atoms with van der Waals surface area (Å²) in [5, 5.41) is 3.07. The van der Waals surface area contributed by atoms with Gasteiger partial charge in [-0.2, -0.15) is 0 Å². The zero-order valence-electron chi connectivity index (χ0n) is 10.9. The van der Waals surface area contributed by atoms with Crippen molar-refractivity contribution in [2.24, 2.45) is 0 Å². The highest BCUT2D eigenvalue weighted by molar-refractivity contribution is 5.75. The first-order chi connectivity index (χ1) is 7.65. The van der Waals surface area contributed by atoms with Gasteiger partial charge in [-0.05, 0) is 26.8 Å². The molecule has 0 aliphatic heterocycles. The third kappa shape index (κ3) is 6.80. The van der Waals surface area contributed by atoms with Gasteiger partial charge in [0.25, 0.3) is 0 Å². The Bertz CT molecular complexity index is 185. The van der Waals surface area contributed by atoms with Gasteiger partial charge in [0.15, 0.2) is 0 Å². The Kier molecular flexibility index (Phi) is 9.24. The van der Waals surface area contributed by atoms with Crippen LogP contribution in [0.4, 0.5) is 0 Å². The molecule has 0 fully saturated rings. The summed E-state index contributed by atoms with van der Waals surface area (Å²) in [6.45, 7) is 9.43. The number of likely N-dealkylation sites (N-methyl/N-ethyl adjacent to an activating group) is 1. The Balaban J connectivity index is 3.97. The van der Waals surface area contributed by atoms with Crippen LogP contribution in [-0.4, -0.2) is 37.9 Å². The molecule has 0 saturated heterocycles. The van der Waals surface area contributed by atoms with Crippen molar-refractivity contribution in [2.45, 2.75) is 52.7 Å². The van der Waals surface area contributed by atoms with E-state index in [1.807, 2.05) is 20.8 Å². The van der Waals surface area contributed by atoms with Gasteiger partial charge in [0.05, 0.1) is 19.3 Å². The molecule has 4 heteroatoms. The highest BCUT2D eigenvalue weighted by Crippen LogP contribution is 2.02. The fraction of sp³-hybridized carbons (Fsp3) is 0.917. The maximum Gasteiger partial charge on any atom is 0.325 e. The highest BCUT2D eigenvalue weighted by atomic mass is 16.5. The summed E-state index contributed by atoms with van der Waals surface area (Å²) in [7, 11) is 0. The van der Waals surface area contributed by atoms with E-state index in [1.165, 1.54) is 0 Å². The maximum atomic E-state index is 11.5. The van der Waals surface area contributed by atoms with E-state index < -0.39 is 0 Å². The molecular formula is C12H25NO3. The summed E-state index contributed by atoms with van der Waals surface area (Å²) in [4.78, 5) is 11.5. The molecule has 0 spiro atoms. The molecule has 0 aliphatic carbocycles. The van der Waals surface area contributed by atoms with Crippen molar-refractivity contribution in [3.05, 3.63) is 0 Å². The lowest BCUT2D eigenvalue weighted by Crippen LogP contribution is -2.42. The average molecular weight is 231 g/mol. The molecule has 2 atom stereocenters. The topological polar surface area (TPSA) is 47.6 Å². The van der Waals surface area contributed by atoms with E-state index in [0.717, 1.165) is 19.4 Å². The third-order valence-electron chi connectivity index (χ3n) is 2.26. The fourth-order valence-electron chi connectivity index (χ4n) is 1.45. The number of hydrogen-bond acceptors (Lipinski definition) is 4. The number of rotatable bonds is 9. The van der Waals surface area contributed by atoms with Crippen LogP contribution >= 0.6 is 0 Å². The number of carbonyl (C=O) groups excluding carboxylic acids is 1. The van der Waals surface area contributed by atoms with E-state index in [2.05, 4.69) is 12.2 Å². The lowest BCUT2D eigenvalue weighted by molar-refractivity contribution is -0.147. The highest BCUT2D eigenvalue weighted by Gasteiger charge is 2.19. The first-order valence-corrected chi connectivity index (χ1v) is 6.17. The van der Waals surface area contributed by atoms with Crippen LogP contribution in [0.1, 0.15) is 40.5 Å². The third-order valence-corrected chi connectivity index (χ3v) is 2.26. The van der Waals surface area contributed by atoms with Crippen molar-refractivity contribution in [3.8, 4) is 0 Å². The number of esters is 1. The Hall–Kier alpha value is -0.610. The summed E-state index contributed by atoms with van der Waals surface area (Å²) >= 11 is 0. The molecule has 0 aliphatic rings. The molecule has 0 saturated carbocycles. The van der Waals surface area contributed by atoms with Gasteiger partial charge in [-0.25, -0.2) is 0 Å². The normalized spacial score (nSPS) is 14.5. The van der Waals surface area contributed by atoms with E-state index in [1.54, 1.807) is 0 Å². The van der Waals surface area contributed by atoms with Crippen LogP contribution in [-0.2, 0) is 14.3 Å². The molecule has 4 nitrogen and oxygen atoms in total. The van der Waals surface area contributed by atoms with Crippen LogP contribution in [0.25, 0.3) is 0 Å². The van der Waals surface area contributed by atoms with Gasteiger partial charge in [0, 0.05) is 0 Å². The van der Waals surface area contributed by atoms with Crippen LogP contribution in [0.15, 0.2) is 0 Å². The first-order valence-electron chi connectivity index (χ1n) is 6.17. The molecule has 2 unspecified atom stereocenters. The van der Waals surface area contributed by atoms with E-state index in [4.69, 9.17) is 9.47 Å². The van der Waals surface area contributed by atoms with Gasteiger partial charge in [-0.15, -0.1) is 0 Å². The second-order valence-corrected chi connectivity index (χ2v) is 3.79. The standard InChI is InChI=1S/C12H25NO3/c1-5-8-10(4)16-9-11(13-6-2)12(14)15-7-3/h10-11,13H,5-9H2,1-4H3. The first kappa shape index (κ1) is 15.4. The van der Waals surface area contributed by atoms with Crippen molar-refractivity contribution in [1.29, 1.82) is 0 Å². The smallest absolute Gasteiger partial charge is 0.325 e. The molecule has 0 bridgehead atoms. The van der Waals surface area contributed by atoms with Gasteiger partial charge in [0.2, 0.25) is 0 Å². The lowest BCUT2D eigenvalue weighted by Gasteiger charge is -2.19. The molecular weight excluding hydrogens is 206 g/mol. The van der Waals surface area contributed by atoms with Gasteiger partial charge in [0.1, 0.15) is 6.04 Å². The van der Waals surface area contributed by atoms with Gasteiger partial charge >= 0.3 is 5.97 Å². The molecule has 16 heavy (non-hydrogen) atoms. The Labute approximate surface area is 98.7 Å². The van der Waals surface area contributed by atoms with Crippen LogP contribution < -0.4 is 5.32 Å². The largest absolute Gasteiger partial charge is 0.465 e. The van der Waals surface area contributed by atoms with Crippen LogP contribution in [0.2, 0.25) is 0 Å². The maximum absolute atomic E-state index is 11.5. The molecule has 0 aromatic heterocycles. The van der Waals surface area contributed by atoms with Crippen molar-refractivity contribution >= 4 is 5.97 Å². The van der Waals surface area contributed by atoms with Crippen molar-refractivity contribution < 1.29 is 14.3 Å². The molecule has 0 aromatic rings. The summed E-state index contributed by atoms with van der Waals surface area (Å²) in [6, 6.07) is -0.343. The minimum Gasteiger partial charge on any atom is -0.465 e. The van der Waals surface area contributed by atoms with E-state index in [9.17, 15) is 4.79 Å². The van der Waals surface area contributed by atoms with Crippen LogP contribution in [0.5, 0.6) is 0 Å². The number of hydrogen-bond donors (Lipinski definition) is 1. The summed E-state index contributed by atoms with van der Waals surface area (Å²) < 4.78 is 10.6. The van der Waals surface area contributed by atoms with Crippen molar-refractivity contribution in [3.63, 3.8) is 0 Å². The van der Waals surface area contributed by atoms with Crippen LogP contribution in [0.3, 0.4) is 0 Å².